The van der Waals surface area contributed by atoms with Gasteiger partial charge in [-0.2, -0.15) is 0 Å². The third-order valence-corrected chi connectivity index (χ3v) is 2.58. The van der Waals surface area contributed by atoms with Crippen molar-refractivity contribution in [2.75, 3.05) is 20.3 Å². The largest absolute Gasteiger partial charge is 0.385 e. The highest BCUT2D eigenvalue weighted by Crippen LogP contribution is 2.18. The van der Waals surface area contributed by atoms with Gasteiger partial charge in [0.1, 0.15) is 0 Å². The Bertz CT molecular complexity index is 255. The van der Waals surface area contributed by atoms with Crippen LogP contribution in [0.25, 0.3) is 0 Å². The number of H-pyrrole nitrogens is 1. The fourth-order valence-corrected chi connectivity index (χ4v) is 1.48. The lowest BCUT2D eigenvalue weighted by molar-refractivity contribution is 0.150. The molecular formula is C12H22N2O. The van der Waals surface area contributed by atoms with Crippen LogP contribution in [-0.2, 0) is 11.3 Å². The molecule has 3 heteroatoms. The van der Waals surface area contributed by atoms with E-state index >= 15 is 0 Å². The number of rotatable bonds is 7. The lowest BCUT2D eigenvalue weighted by atomic mass is 9.90. The summed E-state index contributed by atoms with van der Waals surface area (Å²) < 4.78 is 5.10. The Balaban J connectivity index is 2.18. The molecule has 0 aliphatic heterocycles. The van der Waals surface area contributed by atoms with Crippen molar-refractivity contribution >= 4 is 0 Å². The molecule has 0 saturated carbocycles. The molecule has 0 spiro atoms. The summed E-state index contributed by atoms with van der Waals surface area (Å²) in [5.41, 5.74) is 1.60. The quantitative estimate of drug-likeness (QED) is 0.723. The molecule has 0 saturated heterocycles. The normalized spacial score (nSPS) is 11.9. The van der Waals surface area contributed by atoms with Gasteiger partial charge in [-0.15, -0.1) is 0 Å². The molecule has 86 valence electrons. The first kappa shape index (κ1) is 12.3. The average molecular weight is 210 g/mol. The summed E-state index contributed by atoms with van der Waals surface area (Å²) in [7, 11) is 1.75. The minimum absolute atomic E-state index is 0.298. The van der Waals surface area contributed by atoms with E-state index in [0.717, 1.165) is 26.1 Å². The first-order valence-corrected chi connectivity index (χ1v) is 5.45. The molecule has 0 fully saturated rings. The van der Waals surface area contributed by atoms with Gasteiger partial charge in [-0.25, -0.2) is 0 Å². The molecule has 0 aromatic carbocycles. The molecule has 0 atom stereocenters. The Morgan fingerprint density at radius 2 is 2.27 bits per heavy atom. The van der Waals surface area contributed by atoms with E-state index in [4.69, 9.17) is 4.74 Å². The summed E-state index contributed by atoms with van der Waals surface area (Å²) in [4.78, 5) is 3.05. The van der Waals surface area contributed by atoms with Gasteiger partial charge in [-0.1, -0.05) is 13.8 Å². The van der Waals surface area contributed by atoms with Crippen molar-refractivity contribution in [3.63, 3.8) is 0 Å². The number of aromatic amines is 1. The van der Waals surface area contributed by atoms with Crippen LogP contribution >= 0.6 is 0 Å². The summed E-state index contributed by atoms with van der Waals surface area (Å²) in [6.45, 7) is 7.30. The maximum atomic E-state index is 5.10. The second kappa shape index (κ2) is 5.93. The predicted octanol–water partition coefficient (Wildman–Crippen LogP) is 2.17. The van der Waals surface area contributed by atoms with E-state index in [1.165, 1.54) is 5.56 Å². The Kier molecular flexibility index (Phi) is 4.85. The Morgan fingerprint density at radius 1 is 1.47 bits per heavy atom. The molecule has 2 N–H and O–H groups in total. The van der Waals surface area contributed by atoms with Gasteiger partial charge >= 0.3 is 0 Å². The molecule has 3 nitrogen and oxygen atoms in total. The predicted molar refractivity (Wildman–Crippen MR) is 62.8 cm³/mol. The molecule has 0 amide bonds. The standard InChI is InChI=1S/C12H22N2O/c1-12(2,5-7-15-3)10-14-9-11-4-6-13-8-11/h4,6,8,13-14H,5,7,9-10H2,1-3H3. The smallest absolute Gasteiger partial charge is 0.0467 e. The zero-order chi connectivity index (χ0) is 11.1. The molecule has 0 radical (unpaired) electrons. The summed E-state index contributed by atoms with van der Waals surface area (Å²) in [6, 6.07) is 2.09. The molecule has 1 aromatic heterocycles. The third kappa shape index (κ3) is 5.00. The lowest BCUT2D eigenvalue weighted by Crippen LogP contribution is -2.30. The van der Waals surface area contributed by atoms with E-state index in [1.54, 1.807) is 7.11 Å². The monoisotopic (exact) mass is 210 g/mol. The maximum Gasteiger partial charge on any atom is 0.0467 e. The maximum absolute atomic E-state index is 5.10. The summed E-state index contributed by atoms with van der Waals surface area (Å²) in [5, 5.41) is 3.46. The summed E-state index contributed by atoms with van der Waals surface area (Å²) in [5.74, 6) is 0. The van der Waals surface area contributed by atoms with Gasteiger partial charge < -0.3 is 15.0 Å². The van der Waals surface area contributed by atoms with E-state index in [9.17, 15) is 0 Å². The molecule has 0 unspecified atom stereocenters. The van der Waals surface area contributed by atoms with Gasteiger partial charge in [-0.3, -0.25) is 0 Å². The summed E-state index contributed by atoms with van der Waals surface area (Å²) in [6.07, 6.45) is 5.06. The Hall–Kier alpha value is -0.800. The van der Waals surface area contributed by atoms with Gasteiger partial charge in [0.25, 0.3) is 0 Å². The van der Waals surface area contributed by atoms with Crippen molar-refractivity contribution in [3.8, 4) is 0 Å². The van der Waals surface area contributed by atoms with Crippen molar-refractivity contribution in [2.45, 2.75) is 26.8 Å². The number of aromatic nitrogens is 1. The number of ether oxygens (including phenoxy) is 1. The van der Waals surface area contributed by atoms with Crippen molar-refractivity contribution in [2.24, 2.45) is 5.41 Å². The van der Waals surface area contributed by atoms with E-state index in [1.807, 2.05) is 12.4 Å². The van der Waals surface area contributed by atoms with Gasteiger partial charge in [0.2, 0.25) is 0 Å². The van der Waals surface area contributed by atoms with Gasteiger partial charge in [0.15, 0.2) is 0 Å². The summed E-state index contributed by atoms with van der Waals surface area (Å²) >= 11 is 0. The number of methoxy groups -OCH3 is 1. The first-order chi connectivity index (χ1) is 7.14. The highest BCUT2D eigenvalue weighted by molar-refractivity contribution is 5.07. The van der Waals surface area contributed by atoms with Crippen molar-refractivity contribution in [1.29, 1.82) is 0 Å². The van der Waals surface area contributed by atoms with Crippen LogP contribution in [0.4, 0.5) is 0 Å². The van der Waals surface area contributed by atoms with Crippen LogP contribution in [0.15, 0.2) is 18.5 Å². The molecule has 1 aromatic rings. The Labute approximate surface area is 92.2 Å². The number of hydrogen-bond donors (Lipinski definition) is 2. The van der Waals surface area contributed by atoms with Crippen LogP contribution in [0.1, 0.15) is 25.8 Å². The molecule has 1 rings (SSSR count). The van der Waals surface area contributed by atoms with Crippen molar-refractivity contribution in [1.82, 2.24) is 10.3 Å². The fraction of sp³-hybridized carbons (Fsp3) is 0.667. The van der Waals surface area contributed by atoms with Crippen LogP contribution in [0.3, 0.4) is 0 Å². The van der Waals surface area contributed by atoms with E-state index < -0.39 is 0 Å². The fourth-order valence-electron chi connectivity index (χ4n) is 1.48. The third-order valence-electron chi connectivity index (χ3n) is 2.58. The molecule has 0 aliphatic carbocycles. The molecule has 0 bridgehead atoms. The van der Waals surface area contributed by atoms with Crippen molar-refractivity contribution in [3.05, 3.63) is 24.0 Å². The topological polar surface area (TPSA) is 37.0 Å². The second-order valence-corrected chi connectivity index (χ2v) is 4.73. The SMILES string of the molecule is COCCC(C)(C)CNCc1cc[nH]c1. The minimum Gasteiger partial charge on any atom is -0.385 e. The number of hydrogen-bond acceptors (Lipinski definition) is 2. The van der Waals surface area contributed by atoms with Crippen LogP contribution in [0.2, 0.25) is 0 Å². The highest BCUT2D eigenvalue weighted by Gasteiger charge is 2.16. The lowest BCUT2D eigenvalue weighted by Gasteiger charge is -2.24. The van der Waals surface area contributed by atoms with Crippen molar-refractivity contribution < 1.29 is 4.74 Å². The van der Waals surface area contributed by atoms with Gasteiger partial charge in [0, 0.05) is 39.2 Å². The molecule has 1 heterocycles. The van der Waals surface area contributed by atoms with E-state index in [2.05, 4.69) is 30.2 Å². The zero-order valence-electron chi connectivity index (χ0n) is 9.97. The second-order valence-electron chi connectivity index (χ2n) is 4.73. The average Bonchev–Trinajstić information content (AvgIpc) is 2.67. The molecule has 15 heavy (non-hydrogen) atoms. The van der Waals surface area contributed by atoms with Gasteiger partial charge in [0.05, 0.1) is 0 Å². The zero-order valence-corrected chi connectivity index (χ0v) is 9.97. The molecular weight excluding hydrogens is 188 g/mol. The van der Waals surface area contributed by atoms with Gasteiger partial charge in [-0.05, 0) is 23.5 Å². The van der Waals surface area contributed by atoms with Crippen LogP contribution in [0.5, 0.6) is 0 Å². The minimum atomic E-state index is 0.298. The molecule has 0 aliphatic rings. The Morgan fingerprint density at radius 3 is 2.87 bits per heavy atom. The van der Waals surface area contributed by atoms with Crippen LogP contribution in [-0.4, -0.2) is 25.2 Å². The first-order valence-electron chi connectivity index (χ1n) is 5.45. The highest BCUT2D eigenvalue weighted by atomic mass is 16.5. The van der Waals surface area contributed by atoms with Crippen LogP contribution < -0.4 is 5.32 Å². The number of nitrogens with one attached hydrogen (secondary N) is 2. The van der Waals surface area contributed by atoms with Crippen LogP contribution in [0, 0.1) is 5.41 Å². The van der Waals surface area contributed by atoms with E-state index in [0.29, 0.717) is 5.41 Å². The van der Waals surface area contributed by atoms with E-state index in [-0.39, 0.29) is 0 Å².